The standard InChI is InChI=1S/C14H19N3O/c1-14(2)7-12(15)11-4-6-17(13(11)8-14)9-10-3-5-16-18-10/h3-6,12H,7-9,15H2,1-2H3. The molecule has 0 aromatic carbocycles. The van der Waals surface area contributed by atoms with Gasteiger partial charge in [0.1, 0.15) is 0 Å². The molecular formula is C14H19N3O. The van der Waals surface area contributed by atoms with Gasteiger partial charge in [-0.05, 0) is 29.9 Å². The Bertz CT molecular complexity index is 539. The molecule has 3 rings (SSSR count). The largest absolute Gasteiger partial charge is 0.359 e. The minimum absolute atomic E-state index is 0.153. The van der Waals surface area contributed by atoms with Crippen LogP contribution in [0.3, 0.4) is 0 Å². The van der Waals surface area contributed by atoms with E-state index < -0.39 is 0 Å². The van der Waals surface area contributed by atoms with Gasteiger partial charge in [-0.3, -0.25) is 0 Å². The first-order valence-electron chi connectivity index (χ1n) is 6.38. The number of hydrogen-bond acceptors (Lipinski definition) is 3. The molecule has 4 nitrogen and oxygen atoms in total. The lowest BCUT2D eigenvalue weighted by atomic mass is 9.74. The highest BCUT2D eigenvalue weighted by Gasteiger charge is 2.32. The second-order valence-electron chi connectivity index (χ2n) is 5.98. The zero-order valence-electron chi connectivity index (χ0n) is 10.9. The van der Waals surface area contributed by atoms with Gasteiger partial charge in [0, 0.05) is 24.0 Å². The first kappa shape index (κ1) is 11.5. The van der Waals surface area contributed by atoms with Crippen LogP contribution in [-0.2, 0) is 13.0 Å². The minimum Gasteiger partial charge on any atom is -0.359 e. The van der Waals surface area contributed by atoms with Gasteiger partial charge in [-0.2, -0.15) is 0 Å². The molecule has 2 aromatic heterocycles. The molecule has 0 amide bonds. The minimum atomic E-state index is 0.153. The van der Waals surface area contributed by atoms with Crippen LogP contribution in [0.5, 0.6) is 0 Å². The van der Waals surface area contributed by atoms with Crippen LogP contribution >= 0.6 is 0 Å². The van der Waals surface area contributed by atoms with Crippen molar-refractivity contribution in [2.45, 2.75) is 39.3 Å². The van der Waals surface area contributed by atoms with Crippen molar-refractivity contribution < 1.29 is 4.52 Å². The molecule has 2 N–H and O–H groups in total. The molecule has 0 saturated heterocycles. The molecule has 1 aliphatic rings. The van der Waals surface area contributed by atoms with Crippen LogP contribution in [0, 0.1) is 5.41 Å². The summed E-state index contributed by atoms with van der Waals surface area (Å²) in [6.07, 6.45) is 5.90. The van der Waals surface area contributed by atoms with Crippen LogP contribution in [0.2, 0.25) is 0 Å². The van der Waals surface area contributed by atoms with Crippen molar-refractivity contribution in [1.82, 2.24) is 9.72 Å². The first-order valence-corrected chi connectivity index (χ1v) is 6.38. The lowest BCUT2D eigenvalue weighted by Crippen LogP contribution is -2.30. The van der Waals surface area contributed by atoms with E-state index >= 15 is 0 Å². The highest BCUT2D eigenvalue weighted by atomic mass is 16.5. The molecule has 0 spiro atoms. The van der Waals surface area contributed by atoms with Gasteiger partial charge in [-0.15, -0.1) is 0 Å². The predicted octanol–water partition coefficient (Wildman–Crippen LogP) is 2.50. The molecule has 0 bridgehead atoms. The Morgan fingerprint density at radius 3 is 3.06 bits per heavy atom. The van der Waals surface area contributed by atoms with Crippen molar-refractivity contribution in [3.8, 4) is 0 Å². The molecule has 1 aliphatic carbocycles. The van der Waals surface area contributed by atoms with E-state index in [4.69, 9.17) is 10.3 Å². The third-order valence-electron chi connectivity index (χ3n) is 3.75. The predicted molar refractivity (Wildman–Crippen MR) is 69.1 cm³/mol. The molecule has 96 valence electrons. The van der Waals surface area contributed by atoms with E-state index in [1.54, 1.807) is 6.20 Å². The molecule has 2 heterocycles. The molecular weight excluding hydrogens is 226 g/mol. The van der Waals surface area contributed by atoms with Crippen LogP contribution in [0.15, 0.2) is 29.0 Å². The topological polar surface area (TPSA) is 57.0 Å². The molecule has 4 heteroatoms. The monoisotopic (exact) mass is 245 g/mol. The van der Waals surface area contributed by atoms with Gasteiger partial charge in [0.25, 0.3) is 0 Å². The van der Waals surface area contributed by atoms with E-state index in [2.05, 4.69) is 35.8 Å². The summed E-state index contributed by atoms with van der Waals surface area (Å²) in [7, 11) is 0. The van der Waals surface area contributed by atoms with Gasteiger partial charge in [0.2, 0.25) is 0 Å². The first-order chi connectivity index (χ1) is 8.55. The van der Waals surface area contributed by atoms with Crippen molar-refractivity contribution in [2.24, 2.45) is 11.1 Å². The summed E-state index contributed by atoms with van der Waals surface area (Å²) in [4.78, 5) is 0. The normalized spacial score (nSPS) is 21.8. The highest BCUT2D eigenvalue weighted by molar-refractivity contribution is 5.30. The van der Waals surface area contributed by atoms with E-state index in [0.29, 0.717) is 0 Å². The summed E-state index contributed by atoms with van der Waals surface area (Å²) >= 11 is 0. The highest BCUT2D eigenvalue weighted by Crippen LogP contribution is 2.40. The van der Waals surface area contributed by atoms with Gasteiger partial charge < -0.3 is 14.8 Å². The fourth-order valence-electron chi connectivity index (χ4n) is 2.93. The third-order valence-corrected chi connectivity index (χ3v) is 3.75. The molecule has 0 fully saturated rings. The molecule has 0 aliphatic heterocycles. The van der Waals surface area contributed by atoms with Crippen LogP contribution in [0.4, 0.5) is 0 Å². The van der Waals surface area contributed by atoms with Gasteiger partial charge in [-0.1, -0.05) is 19.0 Å². The number of hydrogen-bond donors (Lipinski definition) is 1. The molecule has 1 atom stereocenters. The SMILES string of the molecule is CC1(C)Cc2c(ccn2Cc2ccno2)C(N)C1. The van der Waals surface area contributed by atoms with Crippen molar-refractivity contribution in [3.05, 3.63) is 41.5 Å². The number of fused-ring (bicyclic) bond motifs is 1. The summed E-state index contributed by atoms with van der Waals surface area (Å²) in [5, 5.41) is 3.75. The van der Waals surface area contributed by atoms with Gasteiger partial charge in [0.15, 0.2) is 5.76 Å². The molecule has 0 radical (unpaired) electrons. The number of aromatic nitrogens is 2. The Morgan fingerprint density at radius 2 is 2.33 bits per heavy atom. The Kier molecular flexibility index (Phi) is 2.55. The van der Waals surface area contributed by atoms with Gasteiger partial charge in [0.05, 0.1) is 12.7 Å². The summed E-state index contributed by atoms with van der Waals surface area (Å²) < 4.78 is 7.41. The van der Waals surface area contributed by atoms with Crippen molar-refractivity contribution in [1.29, 1.82) is 0 Å². The maximum atomic E-state index is 6.26. The van der Waals surface area contributed by atoms with E-state index in [1.807, 2.05) is 6.07 Å². The maximum absolute atomic E-state index is 6.26. The average Bonchev–Trinajstić information content (AvgIpc) is 2.88. The van der Waals surface area contributed by atoms with E-state index in [1.165, 1.54) is 11.3 Å². The fourth-order valence-corrected chi connectivity index (χ4v) is 2.93. The molecule has 18 heavy (non-hydrogen) atoms. The number of nitrogens with two attached hydrogens (primary N) is 1. The van der Waals surface area contributed by atoms with Gasteiger partial charge >= 0.3 is 0 Å². The smallest absolute Gasteiger partial charge is 0.156 e. The fraction of sp³-hybridized carbons (Fsp3) is 0.500. The summed E-state index contributed by atoms with van der Waals surface area (Å²) in [5.41, 5.74) is 9.16. The van der Waals surface area contributed by atoms with E-state index in [-0.39, 0.29) is 11.5 Å². The van der Waals surface area contributed by atoms with Crippen molar-refractivity contribution in [3.63, 3.8) is 0 Å². The quantitative estimate of drug-likeness (QED) is 0.884. The molecule has 2 aromatic rings. The van der Waals surface area contributed by atoms with Crippen LogP contribution in [0.25, 0.3) is 0 Å². The second-order valence-corrected chi connectivity index (χ2v) is 5.98. The maximum Gasteiger partial charge on any atom is 0.156 e. The third kappa shape index (κ3) is 1.97. The second kappa shape index (κ2) is 3.99. The van der Waals surface area contributed by atoms with Crippen molar-refractivity contribution in [2.75, 3.05) is 0 Å². The van der Waals surface area contributed by atoms with Crippen LogP contribution in [0.1, 0.15) is 43.3 Å². The van der Waals surface area contributed by atoms with Crippen LogP contribution in [-0.4, -0.2) is 9.72 Å². The number of rotatable bonds is 2. The van der Waals surface area contributed by atoms with E-state index in [9.17, 15) is 0 Å². The lowest BCUT2D eigenvalue weighted by molar-refractivity contribution is 0.274. The Hall–Kier alpha value is -1.55. The number of nitrogens with zero attached hydrogens (tertiary/aromatic N) is 2. The zero-order chi connectivity index (χ0) is 12.8. The van der Waals surface area contributed by atoms with Crippen molar-refractivity contribution >= 4 is 0 Å². The molecule has 1 unspecified atom stereocenters. The summed E-state index contributed by atoms with van der Waals surface area (Å²) in [6, 6.07) is 4.20. The van der Waals surface area contributed by atoms with Crippen LogP contribution < -0.4 is 5.73 Å². The van der Waals surface area contributed by atoms with Gasteiger partial charge in [-0.25, -0.2) is 0 Å². The Labute approximate surface area is 107 Å². The Morgan fingerprint density at radius 1 is 1.50 bits per heavy atom. The average molecular weight is 245 g/mol. The zero-order valence-corrected chi connectivity index (χ0v) is 10.9. The molecule has 0 saturated carbocycles. The summed E-state index contributed by atoms with van der Waals surface area (Å²) in [5.74, 6) is 0.880. The Balaban J connectivity index is 1.94. The summed E-state index contributed by atoms with van der Waals surface area (Å²) in [6.45, 7) is 5.29. The van der Waals surface area contributed by atoms with E-state index in [0.717, 1.165) is 25.1 Å². The lowest BCUT2D eigenvalue weighted by Gasteiger charge is -2.34.